The molecule has 1 fully saturated rings. The third-order valence-electron chi connectivity index (χ3n) is 4.39. The normalized spacial score (nSPS) is 20.8. The second-order valence-electron chi connectivity index (χ2n) is 6.09. The number of rotatable bonds is 4. The number of nitrogens with zero attached hydrogens (tertiary/aromatic N) is 4. The van der Waals surface area contributed by atoms with Crippen LogP contribution in [0.15, 0.2) is 4.52 Å². The van der Waals surface area contributed by atoms with E-state index in [2.05, 4.69) is 25.3 Å². The maximum absolute atomic E-state index is 12.3. The van der Waals surface area contributed by atoms with Crippen molar-refractivity contribution in [3.05, 3.63) is 22.3 Å². The van der Waals surface area contributed by atoms with E-state index in [1.165, 1.54) is 11.3 Å². The van der Waals surface area contributed by atoms with E-state index in [1.807, 2.05) is 0 Å². The van der Waals surface area contributed by atoms with Crippen LogP contribution < -0.4 is 5.32 Å². The Morgan fingerprint density at radius 1 is 1.39 bits per heavy atom. The summed E-state index contributed by atoms with van der Waals surface area (Å²) >= 11 is 1.61. The third kappa shape index (κ3) is 3.00. The zero-order valence-electron chi connectivity index (χ0n) is 13.0. The lowest BCUT2D eigenvalue weighted by Crippen LogP contribution is -2.33. The number of anilines is 1. The predicted octanol–water partition coefficient (Wildman–Crippen LogP) is 2.10. The molecule has 7 nitrogen and oxygen atoms in total. The zero-order valence-corrected chi connectivity index (χ0v) is 13.9. The fourth-order valence-electron chi connectivity index (χ4n) is 3.35. The number of carbonyl (C=O) groups is 1. The molecule has 0 bridgehead atoms. The molecule has 1 saturated heterocycles. The van der Waals surface area contributed by atoms with Gasteiger partial charge in [-0.3, -0.25) is 9.69 Å². The van der Waals surface area contributed by atoms with Crippen molar-refractivity contribution in [3.8, 4) is 0 Å². The molecule has 1 N–H and O–H groups in total. The van der Waals surface area contributed by atoms with Crippen molar-refractivity contribution < 1.29 is 9.32 Å². The molecule has 2 aromatic heterocycles. The van der Waals surface area contributed by atoms with Crippen LogP contribution in [0.2, 0.25) is 0 Å². The lowest BCUT2D eigenvalue weighted by molar-refractivity contribution is -0.117. The molecule has 4 rings (SSSR count). The van der Waals surface area contributed by atoms with Gasteiger partial charge in [-0.2, -0.15) is 4.98 Å². The number of hydrogen-bond donors (Lipinski definition) is 1. The second kappa shape index (κ2) is 6.01. The topological polar surface area (TPSA) is 84.2 Å². The van der Waals surface area contributed by atoms with Crippen molar-refractivity contribution in [2.24, 2.45) is 0 Å². The van der Waals surface area contributed by atoms with Crippen LogP contribution in [-0.2, 0) is 17.6 Å². The summed E-state index contributed by atoms with van der Waals surface area (Å²) in [6.07, 6.45) is 5.30. The molecule has 8 heteroatoms. The Kier molecular flexibility index (Phi) is 3.86. The van der Waals surface area contributed by atoms with Crippen molar-refractivity contribution in [1.82, 2.24) is 20.0 Å². The summed E-state index contributed by atoms with van der Waals surface area (Å²) in [5.41, 5.74) is 1.16. The van der Waals surface area contributed by atoms with Crippen LogP contribution in [0.25, 0.3) is 0 Å². The van der Waals surface area contributed by atoms with Gasteiger partial charge in [-0.05, 0) is 38.6 Å². The lowest BCUT2D eigenvalue weighted by Gasteiger charge is -2.20. The summed E-state index contributed by atoms with van der Waals surface area (Å²) in [4.78, 5) is 24.6. The Balaban J connectivity index is 1.39. The number of carbonyl (C=O) groups excluding carboxylic acids is 1. The van der Waals surface area contributed by atoms with Crippen LogP contribution in [-0.4, -0.2) is 39.0 Å². The van der Waals surface area contributed by atoms with E-state index in [1.54, 1.807) is 18.3 Å². The van der Waals surface area contributed by atoms with Gasteiger partial charge in [0.2, 0.25) is 11.8 Å². The van der Waals surface area contributed by atoms with Gasteiger partial charge in [0.25, 0.3) is 0 Å². The SMILES string of the molecule is Cc1nc([C@@H]2CCCN2CC(=O)Nc2nc3c(s2)CCC3)no1. The molecule has 2 aromatic rings. The lowest BCUT2D eigenvalue weighted by atomic mass is 10.2. The highest BCUT2D eigenvalue weighted by molar-refractivity contribution is 7.15. The van der Waals surface area contributed by atoms with Crippen LogP contribution in [0.4, 0.5) is 5.13 Å². The predicted molar refractivity (Wildman–Crippen MR) is 85.4 cm³/mol. The largest absolute Gasteiger partial charge is 0.340 e. The minimum atomic E-state index is -0.0236. The molecule has 3 heterocycles. The number of likely N-dealkylation sites (tertiary alicyclic amines) is 1. The Labute approximate surface area is 138 Å². The van der Waals surface area contributed by atoms with Crippen molar-refractivity contribution >= 4 is 22.4 Å². The van der Waals surface area contributed by atoms with E-state index in [-0.39, 0.29) is 11.9 Å². The average Bonchev–Trinajstić information content (AvgIpc) is 3.22. The highest BCUT2D eigenvalue weighted by Gasteiger charge is 2.31. The highest BCUT2D eigenvalue weighted by atomic mass is 32.1. The number of nitrogens with one attached hydrogen (secondary N) is 1. The maximum Gasteiger partial charge on any atom is 0.240 e. The monoisotopic (exact) mass is 333 g/mol. The molecule has 122 valence electrons. The smallest absolute Gasteiger partial charge is 0.240 e. The van der Waals surface area contributed by atoms with Gasteiger partial charge in [-0.25, -0.2) is 4.98 Å². The number of hydrogen-bond acceptors (Lipinski definition) is 7. The molecule has 1 aliphatic carbocycles. The first kappa shape index (κ1) is 14.8. The minimum absolute atomic E-state index is 0.0236. The zero-order chi connectivity index (χ0) is 15.8. The van der Waals surface area contributed by atoms with E-state index in [9.17, 15) is 4.79 Å². The first-order valence-electron chi connectivity index (χ1n) is 8.02. The van der Waals surface area contributed by atoms with Crippen molar-refractivity contribution in [1.29, 1.82) is 0 Å². The number of fused-ring (bicyclic) bond motifs is 1. The Morgan fingerprint density at radius 2 is 2.30 bits per heavy atom. The summed E-state index contributed by atoms with van der Waals surface area (Å²) in [5.74, 6) is 1.22. The van der Waals surface area contributed by atoms with E-state index in [0.717, 1.165) is 43.1 Å². The van der Waals surface area contributed by atoms with Gasteiger partial charge in [-0.15, -0.1) is 11.3 Å². The molecule has 1 aliphatic heterocycles. The number of amides is 1. The van der Waals surface area contributed by atoms with Gasteiger partial charge in [0.15, 0.2) is 11.0 Å². The van der Waals surface area contributed by atoms with Crippen molar-refractivity contribution in [2.75, 3.05) is 18.4 Å². The van der Waals surface area contributed by atoms with Gasteiger partial charge in [0, 0.05) is 11.8 Å². The van der Waals surface area contributed by atoms with Crippen LogP contribution >= 0.6 is 11.3 Å². The average molecular weight is 333 g/mol. The summed E-state index contributed by atoms with van der Waals surface area (Å²) in [5, 5.41) is 7.67. The maximum atomic E-state index is 12.3. The Morgan fingerprint density at radius 3 is 3.09 bits per heavy atom. The molecule has 0 spiro atoms. The molecule has 23 heavy (non-hydrogen) atoms. The van der Waals surface area contributed by atoms with Crippen LogP contribution in [0.5, 0.6) is 0 Å². The third-order valence-corrected chi connectivity index (χ3v) is 5.47. The summed E-state index contributed by atoms with van der Waals surface area (Å²) in [6.45, 7) is 2.99. The molecular weight excluding hydrogens is 314 g/mol. The fraction of sp³-hybridized carbons (Fsp3) is 0.600. The van der Waals surface area contributed by atoms with Crippen molar-refractivity contribution in [2.45, 2.75) is 45.1 Å². The van der Waals surface area contributed by atoms with Gasteiger partial charge in [-0.1, -0.05) is 5.16 Å². The van der Waals surface area contributed by atoms with Crippen LogP contribution in [0, 0.1) is 6.92 Å². The molecule has 1 atom stereocenters. The Hall–Kier alpha value is -1.80. The van der Waals surface area contributed by atoms with E-state index in [0.29, 0.717) is 18.3 Å². The van der Waals surface area contributed by atoms with Gasteiger partial charge >= 0.3 is 0 Å². The number of aromatic nitrogens is 3. The Bertz CT molecular complexity index is 704. The first-order valence-corrected chi connectivity index (χ1v) is 8.83. The number of aryl methyl sites for hydroxylation is 3. The summed E-state index contributed by atoms with van der Waals surface area (Å²) in [6, 6.07) is 0.0690. The second-order valence-corrected chi connectivity index (χ2v) is 7.17. The van der Waals surface area contributed by atoms with Crippen LogP contribution in [0.3, 0.4) is 0 Å². The molecular formula is C15H19N5O2S. The quantitative estimate of drug-likeness (QED) is 0.922. The molecule has 0 unspecified atom stereocenters. The summed E-state index contributed by atoms with van der Waals surface area (Å²) < 4.78 is 5.06. The number of thiazole rings is 1. The van der Waals surface area contributed by atoms with Crippen molar-refractivity contribution in [3.63, 3.8) is 0 Å². The molecule has 0 aromatic carbocycles. The fourth-order valence-corrected chi connectivity index (χ4v) is 4.41. The standard InChI is InChI=1S/C15H19N5O2S/c1-9-16-14(19-22-9)11-5-3-7-20(11)8-13(21)18-15-17-10-4-2-6-12(10)23-15/h11H,2-8H2,1H3,(H,17,18,21)/t11-/m0/s1. The molecule has 1 amide bonds. The van der Waals surface area contributed by atoms with E-state index < -0.39 is 0 Å². The van der Waals surface area contributed by atoms with Gasteiger partial charge in [0.1, 0.15) is 0 Å². The highest BCUT2D eigenvalue weighted by Crippen LogP contribution is 2.31. The summed E-state index contributed by atoms with van der Waals surface area (Å²) in [7, 11) is 0. The minimum Gasteiger partial charge on any atom is -0.340 e. The molecule has 2 aliphatic rings. The van der Waals surface area contributed by atoms with Gasteiger partial charge < -0.3 is 9.84 Å². The van der Waals surface area contributed by atoms with E-state index >= 15 is 0 Å². The molecule has 0 saturated carbocycles. The first-order chi connectivity index (χ1) is 11.2. The molecule has 0 radical (unpaired) electrons. The van der Waals surface area contributed by atoms with Crippen LogP contribution in [0.1, 0.15) is 47.6 Å². The van der Waals surface area contributed by atoms with Gasteiger partial charge in [0.05, 0.1) is 18.3 Å². The van der Waals surface area contributed by atoms with E-state index in [4.69, 9.17) is 4.52 Å².